The van der Waals surface area contributed by atoms with Crippen molar-refractivity contribution in [3.8, 4) is 0 Å². The molecule has 18 heavy (non-hydrogen) atoms. The van der Waals surface area contributed by atoms with E-state index in [1.54, 1.807) is 0 Å². The van der Waals surface area contributed by atoms with E-state index in [0.717, 1.165) is 33.7 Å². The topological polar surface area (TPSA) is 25.2 Å². The van der Waals surface area contributed by atoms with Gasteiger partial charge in [0.2, 0.25) is 0 Å². The van der Waals surface area contributed by atoms with Gasteiger partial charge in [0.25, 0.3) is 0 Å². The Kier molecular flexibility index (Phi) is 1.97. The van der Waals surface area contributed by atoms with Gasteiger partial charge in [0, 0.05) is 16.0 Å². The van der Waals surface area contributed by atoms with Crippen LogP contribution in [0.25, 0.3) is 27.8 Å². The Morgan fingerprint density at radius 2 is 2.06 bits per heavy atom. The van der Waals surface area contributed by atoms with Crippen LogP contribution in [0.2, 0.25) is 5.02 Å². The Morgan fingerprint density at radius 3 is 3.00 bits per heavy atom. The number of halogens is 1. The fourth-order valence-corrected chi connectivity index (χ4v) is 2.67. The van der Waals surface area contributed by atoms with Crippen molar-refractivity contribution in [1.29, 1.82) is 0 Å². The largest absolute Gasteiger partial charge is 0.459 e. The molecule has 0 fully saturated rings. The molecule has 0 saturated heterocycles. The van der Waals surface area contributed by atoms with Gasteiger partial charge in [0.05, 0.1) is 6.54 Å². The molecule has 1 aliphatic heterocycles. The van der Waals surface area contributed by atoms with Gasteiger partial charge in [-0.2, -0.15) is 0 Å². The maximum atomic E-state index is 6.02. The summed E-state index contributed by atoms with van der Waals surface area (Å²) in [7, 11) is 0. The number of fused-ring (bicyclic) bond motifs is 4. The molecule has 0 aliphatic carbocycles. The monoisotopic (exact) mass is 255 g/mol. The summed E-state index contributed by atoms with van der Waals surface area (Å²) in [5, 5.41) is 7.36. The SMILES string of the molecule is Clc1ccc2cc3c4c(oc3cc2c1)CNC=C4. The fraction of sp³-hybridized carbons (Fsp3) is 0.0667. The zero-order valence-electron chi connectivity index (χ0n) is 9.53. The number of benzene rings is 2. The van der Waals surface area contributed by atoms with Crippen LogP contribution >= 0.6 is 11.6 Å². The van der Waals surface area contributed by atoms with E-state index in [4.69, 9.17) is 16.0 Å². The second-order valence-electron chi connectivity index (χ2n) is 4.49. The fourth-order valence-electron chi connectivity index (χ4n) is 2.49. The number of hydrogen-bond donors (Lipinski definition) is 1. The summed E-state index contributed by atoms with van der Waals surface area (Å²) in [6, 6.07) is 10.1. The molecule has 1 N–H and O–H groups in total. The normalized spacial score (nSPS) is 13.8. The molecule has 0 radical (unpaired) electrons. The molecule has 0 unspecified atom stereocenters. The lowest BCUT2D eigenvalue weighted by atomic mass is 10.0. The van der Waals surface area contributed by atoms with E-state index in [9.17, 15) is 0 Å². The van der Waals surface area contributed by atoms with Gasteiger partial charge in [0.1, 0.15) is 11.3 Å². The van der Waals surface area contributed by atoms with Crippen LogP contribution in [0.15, 0.2) is 40.9 Å². The lowest BCUT2D eigenvalue weighted by Crippen LogP contribution is -2.07. The second-order valence-corrected chi connectivity index (χ2v) is 4.93. The van der Waals surface area contributed by atoms with Crippen LogP contribution in [0.4, 0.5) is 0 Å². The highest BCUT2D eigenvalue weighted by Gasteiger charge is 2.14. The molecule has 2 nitrogen and oxygen atoms in total. The molecule has 1 aromatic heterocycles. The third-order valence-electron chi connectivity index (χ3n) is 3.35. The molecule has 2 aromatic carbocycles. The first kappa shape index (κ1) is 10.0. The van der Waals surface area contributed by atoms with Crippen LogP contribution in [-0.2, 0) is 6.54 Å². The van der Waals surface area contributed by atoms with Gasteiger partial charge < -0.3 is 9.73 Å². The maximum absolute atomic E-state index is 6.02. The Labute approximate surface area is 109 Å². The van der Waals surface area contributed by atoms with E-state index in [2.05, 4.69) is 23.5 Å². The zero-order valence-corrected chi connectivity index (χ0v) is 10.3. The molecule has 2 heterocycles. The molecule has 0 spiro atoms. The smallest absolute Gasteiger partial charge is 0.135 e. The maximum Gasteiger partial charge on any atom is 0.135 e. The van der Waals surface area contributed by atoms with Gasteiger partial charge >= 0.3 is 0 Å². The van der Waals surface area contributed by atoms with E-state index < -0.39 is 0 Å². The molecule has 3 heteroatoms. The predicted molar refractivity (Wildman–Crippen MR) is 74.6 cm³/mol. The molecule has 4 rings (SSSR count). The summed E-state index contributed by atoms with van der Waals surface area (Å²) >= 11 is 6.02. The molecule has 0 bridgehead atoms. The summed E-state index contributed by atoms with van der Waals surface area (Å²) in [5.41, 5.74) is 2.10. The highest BCUT2D eigenvalue weighted by molar-refractivity contribution is 6.31. The molecule has 88 valence electrons. The van der Waals surface area contributed by atoms with Crippen molar-refractivity contribution in [1.82, 2.24) is 5.32 Å². The standard InChI is InChI=1S/C15H10ClNO/c16-11-2-1-9-6-13-12-3-4-17-8-15(12)18-14(13)7-10(9)5-11/h1-7,17H,8H2. The van der Waals surface area contributed by atoms with E-state index in [1.165, 1.54) is 10.9 Å². The summed E-state index contributed by atoms with van der Waals surface area (Å²) in [5.74, 6) is 0.994. The van der Waals surface area contributed by atoms with E-state index in [1.807, 2.05) is 24.4 Å². The molecular formula is C15H10ClNO. The highest BCUT2D eigenvalue weighted by Crippen LogP contribution is 2.33. The minimum Gasteiger partial charge on any atom is -0.459 e. The first-order chi connectivity index (χ1) is 8.81. The van der Waals surface area contributed by atoms with Crippen molar-refractivity contribution >= 4 is 39.4 Å². The molecule has 0 saturated carbocycles. The molecule has 1 aliphatic rings. The lowest BCUT2D eigenvalue weighted by molar-refractivity contribution is 0.533. The third-order valence-corrected chi connectivity index (χ3v) is 3.59. The minimum atomic E-state index is 0.748. The van der Waals surface area contributed by atoms with Gasteiger partial charge in [-0.05, 0) is 47.3 Å². The quantitative estimate of drug-likeness (QED) is 0.647. The average molecular weight is 256 g/mol. The van der Waals surface area contributed by atoms with Crippen molar-refractivity contribution in [3.05, 3.63) is 52.9 Å². The number of nitrogens with one attached hydrogen (secondary N) is 1. The van der Waals surface area contributed by atoms with E-state index in [-0.39, 0.29) is 0 Å². The van der Waals surface area contributed by atoms with Gasteiger partial charge in [-0.1, -0.05) is 17.7 Å². The zero-order chi connectivity index (χ0) is 12.1. The van der Waals surface area contributed by atoms with Gasteiger partial charge in [-0.15, -0.1) is 0 Å². The highest BCUT2D eigenvalue weighted by atomic mass is 35.5. The third kappa shape index (κ3) is 1.36. The van der Waals surface area contributed by atoms with Crippen molar-refractivity contribution < 1.29 is 4.42 Å². The number of rotatable bonds is 0. The summed E-state index contributed by atoms with van der Waals surface area (Å²) in [6.07, 6.45) is 4.02. The number of hydrogen-bond acceptors (Lipinski definition) is 2. The van der Waals surface area contributed by atoms with Gasteiger partial charge in [-0.25, -0.2) is 0 Å². The van der Waals surface area contributed by atoms with Crippen LogP contribution < -0.4 is 5.32 Å². The first-order valence-corrected chi connectivity index (χ1v) is 6.24. The first-order valence-electron chi connectivity index (χ1n) is 5.86. The minimum absolute atomic E-state index is 0.748. The van der Waals surface area contributed by atoms with E-state index >= 15 is 0 Å². The Morgan fingerprint density at radius 1 is 1.11 bits per heavy atom. The summed E-state index contributed by atoms with van der Waals surface area (Å²) < 4.78 is 5.88. The summed E-state index contributed by atoms with van der Waals surface area (Å²) in [6.45, 7) is 0.748. The van der Waals surface area contributed by atoms with Crippen LogP contribution in [0, 0.1) is 0 Å². The predicted octanol–water partition coefficient (Wildman–Crippen LogP) is 4.31. The van der Waals surface area contributed by atoms with Crippen LogP contribution in [-0.4, -0.2) is 0 Å². The van der Waals surface area contributed by atoms with Gasteiger partial charge in [-0.3, -0.25) is 0 Å². The van der Waals surface area contributed by atoms with Crippen LogP contribution in [0.5, 0.6) is 0 Å². The summed E-state index contributed by atoms with van der Waals surface area (Å²) in [4.78, 5) is 0. The van der Waals surface area contributed by atoms with Crippen LogP contribution in [0.1, 0.15) is 11.3 Å². The van der Waals surface area contributed by atoms with Crippen molar-refractivity contribution in [2.45, 2.75) is 6.54 Å². The van der Waals surface area contributed by atoms with E-state index in [0.29, 0.717) is 0 Å². The lowest BCUT2D eigenvalue weighted by Gasteiger charge is -2.04. The number of furan rings is 1. The molecular weight excluding hydrogens is 246 g/mol. The van der Waals surface area contributed by atoms with Crippen molar-refractivity contribution in [2.75, 3.05) is 0 Å². The van der Waals surface area contributed by atoms with Crippen molar-refractivity contribution in [2.24, 2.45) is 0 Å². The van der Waals surface area contributed by atoms with Gasteiger partial charge in [0.15, 0.2) is 0 Å². The molecule has 0 atom stereocenters. The molecule has 0 amide bonds. The van der Waals surface area contributed by atoms with Crippen molar-refractivity contribution in [3.63, 3.8) is 0 Å². The average Bonchev–Trinajstić information content (AvgIpc) is 2.73. The second kappa shape index (κ2) is 3.53. The van der Waals surface area contributed by atoms with Crippen LogP contribution in [0.3, 0.4) is 0 Å². The molecule has 3 aromatic rings. The Balaban J connectivity index is 2.12. The Hall–Kier alpha value is -1.93. The Bertz CT molecular complexity index is 801.